The molecule has 0 amide bonds. The summed E-state index contributed by atoms with van der Waals surface area (Å²) in [6.45, 7) is 0.245. The maximum Gasteiger partial charge on any atom is 0.449 e. The van der Waals surface area contributed by atoms with Gasteiger partial charge in [0.15, 0.2) is 5.70 Å². The normalized spacial score (nSPS) is 15.9. The van der Waals surface area contributed by atoms with Gasteiger partial charge in [-0.05, 0) is 34.9 Å². The maximum absolute atomic E-state index is 10.6. The van der Waals surface area contributed by atoms with Crippen molar-refractivity contribution in [2.75, 3.05) is 20.3 Å². The van der Waals surface area contributed by atoms with E-state index in [1.165, 1.54) is 12.3 Å². The molecule has 1 aromatic rings. The molecule has 0 aromatic heterocycles. The van der Waals surface area contributed by atoms with E-state index in [0.717, 1.165) is 11.3 Å². The third-order valence-corrected chi connectivity index (χ3v) is 3.40. The van der Waals surface area contributed by atoms with E-state index >= 15 is 0 Å². The van der Waals surface area contributed by atoms with Gasteiger partial charge in [0.25, 0.3) is 0 Å². The van der Waals surface area contributed by atoms with E-state index in [1.807, 2.05) is 24.3 Å². The molecule has 2 rings (SSSR count). The second-order valence-corrected chi connectivity index (χ2v) is 4.98. The minimum Gasteiger partial charge on any atom is -0.497 e. The molecule has 128 valence electrons. The third kappa shape index (κ3) is 4.34. The van der Waals surface area contributed by atoms with Gasteiger partial charge in [0.1, 0.15) is 10.7 Å². The van der Waals surface area contributed by atoms with Crippen LogP contribution >= 0.6 is 0 Å². The van der Waals surface area contributed by atoms with E-state index in [1.54, 1.807) is 7.11 Å². The Bertz CT molecular complexity index is 691. The Kier molecular flexibility index (Phi) is 5.94. The van der Waals surface area contributed by atoms with Crippen LogP contribution < -0.4 is 10.1 Å². The van der Waals surface area contributed by atoms with Crippen LogP contribution in [0.1, 0.15) is 5.56 Å². The van der Waals surface area contributed by atoms with Crippen molar-refractivity contribution in [1.29, 1.82) is 0 Å². The zero-order valence-electron chi connectivity index (χ0n) is 13.1. The summed E-state index contributed by atoms with van der Waals surface area (Å²) in [6, 6.07) is 7.42. The predicted octanol–water partition coefficient (Wildman–Crippen LogP) is 1.62. The first kappa shape index (κ1) is 17.5. The van der Waals surface area contributed by atoms with Crippen LogP contribution in [0, 0.1) is 10.1 Å². The van der Waals surface area contributed by atoms with Crippen LogP contribution in [0.3, 0.4) is 0 Å². The van der Waals surface area contributed by atoms with Crippen molar-refractivity contribution in [3.8, 4) is 5.75 Å². The zero-order valence-corrected chi connectivity index (χ0v) is 13.1. The number of hydrogen-bond donors (Lipinski definition) is 3. The summed E-state index contributed by atoms with van der Waals surface area (Å²) in [6.07, 6.45) is 2.79. The standard InChI is InChI=1S/C16H18N2O6/c1-23-14-4-2-11(3-5-14)9-24-10-13-7-17-15(6-12(13)8-19)16(20)18(21)22/h2-7,17,19-20H,8-10H2,1H3. The Labute approximate surface area is 138 Å². The SMILES string of the molecule is COc1ccc(COCC2=CNC(=C(O)[N+](=O)[O-])C=C2CO)cc1. The number of aliphatic hydroxyl groups excluding tert-OH is 2. The fourth-order valence-corrected chi connectivity index (χ4v) is 2.08. The number of dihydropyridines is 1. The van der Waals surface area contributed by atoms with Crippen molar-refractivity contribution < 1.29 is 24.6 Å². The summed E-state index contributed by atoms with van der Waals surface area (Å²) >= 11 is 0. The minimum atomic E-state index is -1.00. The molecule has 1 heterocycles. The molecule has 8 nitrogen and oxygen atoms in total. The molecular formula is C16H18N2O6. The molecule has 0 spiro atoms. The van der Waals surface area contributed by atoms with Crippen molar-refractivity contribution in [3.05, 3.63) is 74.9 Å². The number of nitrogens with one attached hydrogen (secondary N) is 1. The van der Waals surface area contributed by atoms with E-state index in [-0.39, 0.29) is 18.9 Å². The van der Waals surface area contributed by atoms with Gasteiger partial charge in [0, 0.05) is 6.20 Å². The lowest BCUT2D eigenvalue weighted by atomic mass is 10.0. The highest BCUT2D eigenvalue weighted by Crippen LogP contribution is 2.19. The molecule has 0 unspecified atom stereocenters. The van der Waals surface area contributed by atoms with Gasteiger partial charge in [0.05, 0.1) is 26.9 Å². The first-order valence-corrected chi connectivity index (χ1v) is 7.11. The van der Waals surface area contributed by atoms with Crippen LogP contribution in [0.5, 0.6) is 5.75 Å². The van der Waals surface area contributed by atoms with Crippen LogP contribution in [0.15, 0.2) is 59.3 Å². The Balaban J connectivity index is 1.96. The third-order valence-electron chi connectivity index (χ3n) is 3.40. The van der Waals surface area contributed by atoms with Gasteiger partial charge < -0.3 is 25.0 Å². The van der Waals surface area contributed by atoms with Gasteiger partial charge in [-0.25, -0.2) is 0 Å². The van der Waals surface area contributed by atoms with Crippen LogP contribution in [-0.4, -0.2) is 35.5 Å². The van der Waals surface area contributed by atoms with E-state index in [9.17, 15) is 20.3 Å². The number of methoxy groups -OCH3 is 1. The summed E-state index contributed by atoms with van der Waals surface area (Å²) in [7, 11) is 1.59. The van der Waals surface area contributed by atoms with Gasteiger partial charge in [-0.1, -0.05) is 12.1 Å². The second-order valence-electron chi connectivity index (χ2n) is 4.98. The van der Waals surface area contributed by atoms with Crippen molar-refractivity contribution in [1.82, 2.24) is 5.32 Å². The lowest BCUT2D eigenvalue weighted by Crippen LogP contribution is -2.19. The van der Waals surface area contributed by atoms with E-state index < -0.39 is 10.8 Å². The van der Waals surface area contributed by atoms with Crippen LogP contribution in [0.25, 0.3) is 0 Å². The summed E-state index contributed by atoms with van der Waals surface area (Å²) in [5, 5.41) is 31.9. The molecule has 1 aliphatic rings. The number of nitro groups is 1. The Morgan fingerprint density at radius 2 is 1.96 bits per heavy atom. The summed E-state index contributed by atoms with van der Waals surface area (Å²) in [5.74, 6) is -0.247. The van der Waals surface area contributed by atoms with Crippen LogP contribution in [0.2, 0.25) is 0 Å². The molecule has 0 radical (unpaired) electrons. The molecule has 24 heavy (non-hydrogen) atoms. The Morgan fingerprint density at radius 1 is 1.25 bits per heavy atom. The van der Waals surface area contributed by atoms with Crippen molar-refractivity contribution >= 4 is 0 Å². The minimum absolute atomic E-state index is 0.0806. The quantitative estimate of drug-likeness (QED) is 0.394. The number of hydrogen-bond acceptors (Lipinski definition) is 7. The molecule has 0 aliphatic carbocycles. The molecule has 0 saturated heterocycles. The van der Waals surface area contributed by atoms with Gasteiger partial charge >= 0.3 is 5.88 Å². The first-order valence-electron chi connectivity index (χ1n) is 7.11. The van der Waals surface area contributed by atoms with E-state index in [2.05, 4.69) is 5.32 Å². The number of rotatable bonds is 7. The largest absolute Gasteiger partial charge is 0.497 e. The average Bonchev–Trinajstić information content (AvgIpc) is 2.61. The topological polar surface area (TPSA) is 114 Å². The molecule has 3 N–H and O–H groups in total. The molecule has 0 atom stereocenters. The van der Waals surface area contributed by atoms with Gasteiger partial charge in [-0.2, -0.15) is 0 Å². The highest BCUT2D eigenvalue weighted by atomic mass is 16.7. The zero-order chi connectivity index (χ0) is 17.5. The highest BCUT2D eigenvalue weighted by molar-refractivity contribution is 5.42. The van der Waals surface area contributed by atoms with Crippen LogP contribution in [-0.2, 0) is 11.3 Å². The molecule has 8 heteroatoms. The monoisotopic (exact) mass is 334 g/mol. The molecule has 0 saturated carbocycles. The first-order chi connectivity index (χ1) is 11.5. The lowest BCUT2D eigenvalue weighted by Gasteiger charge is -2.17. The van der Waals surface area contributed by atoms with Crippen molar-refractivity contribution in [2.45, 2.75) is 6.61 Å². The van der Waals surface area contributed by atoms with Crippen LogP contribution in [0.4, 0.5) is 0 Å². The van der Waals surface area contributed by atoms with Crippen molar-refractivity contribution in [3.63, 3.8) is 0 Å². The van der Waals surface area contributed by atoms with Crippen molar-refractivity contribution in [2.24, 2.45) is 0 Å². The molecule has 1 aliphatic heterocycles. The Hall–Kier alpha value is -2.84. The molecular weight excluding hydrogens is 316 g/mol. The molecule has 0 bridgehead atoms. The number of ether oxygens (including phenoxy) is 2. The number of benzene rings is 1. The van der Waals surface area contributed by atoms with E-state index in [0.29, 0.717) is 17.8 Å². The molecule has 0 fully saturated rings. The van der Waals surface area contributed by atoms with Gasteiger partial charge in [-0.15, -0.1) is 0 Å². The average molecular weight is 334 g/mol. The summed E-state index contributed by atoms with van der Waals surface area (Å²) in [5.41, 5.74) is 1.96. The maximum atomic E-state index is 10.6. The Morgan fingerprint density at radius 3 is 2.54 bits per heavy atom. The lowest BCUT2D eigenvalue weighted by molar-refractivity contribution is -0.460. The number of aliphatic hydroxyl groups is 2. The number of nitrogens with zero attached hydrogens (tertiary/aromatic N) is 1. The van der Waals surface area contributed by atoms with E-state index in [4.69, 9.17) is 9.47 Å². The van der Waals surface area contributed by atoms with Gasteiger partial charge in [0.2, 0.25) is 0 Å². The number of allylic oxidation sites excluding steroid dienone is 1. The predicted molar refractivity (Wildman–Crippen MR) is 85.7 cm³/mol. The van der Waals surface area contributed by atoms with Gasteiger partial charge in [-0.3, -0.25) is 10.1 Å². The molecule has 1 aromatic carbocycles. The smallest absolute Gasteiger partial charge is 0.449 e. The highest BCUT2D eigenvalue weighted by Gasteiger charge is 2.19. The fraction of sp³-hybridized carbons (Fsp3) is 0.250. The fourth-order valence-electron chi connectivity index (χ4n) is 2.08. The summed E-state index contributed by atoms with van der Waals surface area (Å²) in [4.78, 5) is 9.65. The summed E-state index contributed by atoms with van der Waals surface area (Å²) < 4.78 is 10.7. The second kappa shape index (κ2) is 8.14.